The second-order valence-corrected chi connectivity index (χ2v) is 4.74. The maximum atomic E-state index is 4.15. The molecule has 84 valence electrons. The van der Waals surface area contributed by atoms with Crippen LogP contribution in [-0.2, 0) is 6.54 Å². The molecule has 0 saturated heterocycles. The Morgan fingerprint density at radius 1 is 1.40 bits per heavy atom. The van der Waals surface area contributed by atoms with Crippen molar-refractivity contribution in [2.24, 2.45) is 4.99 Å². The number of nitrogens with one attached hydrogen (secondary N) is 2. The van der Waals surface area contributed by atoms with Crippen LogP contribution in [0.4, 0.5) is 0 Å². The van der Waals surface area contributed by atoms with E-state index in [1.54, 1.807) is 7.05 Å². The molecule has 1 aromatic rings. The van der Waals surface area contributed by atoms with Gasteiger partial charge in [-0.05, 0) is 25.5 Å². The summed E-state index contributed by atoms with van der Waals surface area (Å²) >= 11 is 1.82. The number of hydrogen-bond donors (Lipinski definition) is 2. The Labute approximate surface area is 95.6 Å². The summed E-state index contributed by atoms with van der Waals surface area (Å²) in [6.07, 6.45) is 1.11. The average molecular weight is 225 g/mol. The third kappa shape index (κ3) is 4.34. The lowest BCUT2D eigenvalue weighted by molar-refractivity contribution is 0.785. The minimum atomic E-state index is 0.849. The average Bonchev–Trinajstić information content (AvgIpc) is 2.65. The van der Waals surface area contributed by atoms with Gasteiger partial charge in [-0.1, -0.05) is 6.92 Å². The van der Waals surface area contributed by atoms with Gasteiger partial charge in [-0.25, -0.2) is 0 Å². The van der Waals surface area contributed by atoms with E-state index in [0.717, 1.165) is 25.5 Å². The van der Waals surface area contributed by atoms with E-state index in [-0.39, 0.29) is 0 Å². The van der Waals surface area contributed by atoms with Crippen molar-refractivity contribution in [2.75, 3.05) is 13.6 Å². The molecule has 0 bridgehead atoms. The van der Waals surface area contributed by atoms with Crippen LogP contribution >= 0.6 is 11.3 Å². The SMILES string of the molecule is CCCNC(=NC)NCc1ccc(C)s1. The monoisotopic (exact) mass is 225 g/mol. The first-order valence-electron chi connectivity index (χ1n) is 5.26. The minimum absolute atomic E-state index is 0.849. The minimum Gasteiger partial charge on any atom is -0.356 e. The molecule has 0 aliphatic rings. The molecule has 0 aromatic carbocycles. The fraction of sp³-hybridized carbons (Fsp3) is 0.545. The van der Waals surface area contributed by atoms with Crippen LogP contribution in [0.2, 0.25) is 0 Å². The van der Waals surface area contributed by atoms with Gasteiger partial charge in [0, 0.05) is 23.3 Å². The molecule has 1 heterocycles. The van der Waals surface area contributed by atoms with Crippen LogP contribution in [-0.4, -0.2) is 19.6 Å². The summed E-state index contributed by atoms with van der Waals surface area (Å²) in [4.78, 5) is 6.84. The van der Waals surface area contributed by atoms with Crippen LogP contribution in [0.25, 0.3) is 0 Å². The summed E-state index contributed by atoms with van der Waals surface area (Å²) in [5, 5.41) is 6.52. The maximum absolute atomic E-state index is 4.15. The van der Waals surface area contributed by atoms with E-state index in [1.807, 2.05) is 11.3 Å². The van der Waals surface area contributed by atoms with Crippen LogP contribution in [0.1, 0.15) is 23.1 Å². The van der Waals surface area contributed by atoms with E-state index in [2.05, 4.69) is 41.6 Å². The highest BCUT2D eigenvalue weighted by molar-refractivity contribution is 7.11. The highest BCUT2D eigenvalue weighted by Gasteiger charge is 1.98. The van der Waals surface area contributed by atoms with Crippen molar-refractivity contribution in [1.82, 2.24) is 10.6 Å². The molecule has 0 saturated carbocycles. The molecule has 0 amide bonds. The number of nitrogens with zero attached hydrogens (tertiary/aromatic N) is 1. The van der Waals surface area contributed by atoms with Gasteiger partial charge in [0.1, 0.15) is 0 Å². The Kier molecular flexibility index (Phi) is 5.18. The van der Waals surface area contributed by atoms with E-state index in [1.165, 1.54) is 9.75 Å². The normalized spacial score (nSPS) is 11.5. The third-order valence-electron chi connectivity index (χ3n) is 1.99. The van der Waals surface area contributed by atoms with Crippen molar-refractivity contribution >= 4 is 17.3 Å². The van der Waals surface area contributed by atoms with Gasteiger partial charge in [0.2, 0.25) is 0 Å². The van der Waals surface area contributed by atoms with Gasteiger partial charge in [0.25, 0.3) is 0 Å². The standard InChI is InChI=1S/C11H19N3S/c1-4-7-13-11(12-3)14-8-10-6-5-9(2)15-10/h5-6H,4,7-8H2,1-3H3,(H2,12,13,14). The molecule has 0 aliphatic carbocycles. The zero-order chi connectivity index (χ0) is 11.1. The topological polar surface area (TPSA) is 36.4 Å². The first kappa shape index (κ1) is 12.0. The molecule has 0 unspecified atom stereocenters. The first-order valence-corrected chi connectivity index (χ1v) is 6.07. The van der Waals surface area contributed by atoms with E-state index < -0.39 is 0 Å². The maximum Gasteiger partial charge on any atom is 0.191 e. The van der Waals surface area contributed by atoms with Crippen molar-refractivity contribution in [3.63, 3.8) is 0 Å². The molecule has 0 fully saturated rings. The van der Waals surface area contributed by atoms with Gasteiger partial charge in [-0.3, -0.25) is 4.99 Å². The number of hydrogen-bond acceptors (Lipinski definition) is 2. The number of aryl methyl sites for hydroxylation is 1. The van der Waals surface area contributed by atoms with Crippen LogP contribution in [0.15, 0.2) is 17.1 Å². The Bertz CT molecular complexity index is 317. The van der Waals surface area contributed by atoms with Gasteiger partial charge >= 0.3 is 0 Å². The van der Waals surface area contributed by atoms with Gasteiger partial charge in [0.15, 0.2) is 5.96 Å². The van der Waals surface area contributed by atoms with E-state index in [4.69, 9.17) is 0 Å². The van der Waals surface area contributed by atoms with Gasteiger partial charge < -0.3 is 10.6 Å². The molecular weight excluding hydrogens is 206 g/mol. The van der Waals surface area contributed by atoms with Crippen LogP contribution < -0.4 is 10.6 Å². The second-order valence-electron chi connectivity index (χ2n) is 3.36. The van der Waals surface area contributed by atoms with E-state index >= 15 is 0 Å². The molecular formula is C11H19N3S. The van der Waals surface area contributed by atoms with Crippen LogP contribution in [0, 0.1) is 6.92 Å². The van der Waals surface area contributed by atoms with Gasteiger partial charge in [-0.15, -0.1) is 11.3 Å². The molecule has 4 heteroatoms. The fourth-order valence-electron chi connectivity index (χ4n) is 1.21. The molecule has 0 spiro atoms. The molecule has 0 aliphatic heterocycles. The van der Waals surface area contributed by atoms with Crippen molar-refractivity contribution in [2.45, 2.75) is 26.8 Å². The predicted octanol–water partition coefficient (Wildman–Crippen LogP) is 2.13. The van der Waals surface area contributed by atoms with Gasteiger partial charge in [0.05, 0.1) is 6.54 Å². The van der Waals surface area contributed by atoms with Crippen molar-refractivity contribution in [3.05, 3.63) is 21.9 Å². The zero-order valence-corrected chi connectivity index (χ0v) is 10.4. The second kappa shape index (κ2) is 6.45. The number of thiophene rings is 1. The molecule has 15 heavy (non-hydrogen) atoms. The van der Waals surface area contributed by atoms with Crippen LogP contribution in [0.5, 0.6) is 0 Å². The van der Waals surface area contributed by atoms with Crippen LogP contribution in [0.3, 0.4) is 0 Å². The molecule has 0 radical (unpaired) electrons. The summed E-state index contributed by atoms with van der Waals surface area (Å²) < 4.78 is 0. The van der Waals surface area contributed by atoms with Crippen molar-refractivity contribution in [1.29, 1.82) is 0 Å². The Morgan fingerprint density at radius 3 is 2.73 bits per heavy atom. The fourth-order valence-corrected chi connectivity index (χ4v) is 2.05. The highest BCUT2D eigenvalue weighted by Crippen LogP contribution is 2.14. The van der Waals surface area contributed by atoms with Crippen molar-refractivity contribution < 1.29 is 0 Å². The lowest BCUT2D eigenvalue weighted by Crippen LogP contribution is -2.36. The molecule has 2 N–H and O–H groups in total. The predicted molar refractivity (Wildman–Crippen MR) is 67.5 cm³/mol. The number of guanidine groups is 1. The number of aliphatic imine (C=N–C) groups is 1. The highest BCUT2D eigenvalue weighted by atomic mass is 32.1. The summed E-state index contributed by atoms with van der Waals surface area (Å²) in [6.45, 7) is 6.08. The quantitative estimate of drug-likeness (QED) is 0.608. The van der Waals surface area contributed by atoms with Gasteiger partial charge in [-0.2, -0.15) is 0 Å². The summed E-state index contributed by atoms with van der Waals surface area (Å²) in [5.41, 5.74) is 0. The summed E-state index contributed by atoms with van der Waals surface area (Å²) in [6, 6.07) is 4.30. The zero-order valence-electron chi connectivity index (χ0n) is 9.63. The Hall–Kier alpha value is -1.03. The molecule has 1 aromatic heterocycles. The van der Waals surface area contributed by atoms with E-state index in [0.29, 0.717) is 0 Å². The smallest absolute Gasteiger partial charge is 0.191 e. The summed E-state index contributed by atoms with van der Waals surface area (Å²) in [5.74, 6) is 0.878. The first-order chi connectivity index (χ1) is 7.26. The summed E-state index contributed by atoms with van der Waals surface area (Å²) in [7, 11) is 1.80. The largest absolute Gasteiger partial charge is 0.356 e. The Balaban J connectivity index is 2.34. The van der Waals surface area contributed by atoms with E-state index in [9.17, 15) is 0 Å². The number of rotatable bonds is 4. The third-order valence-corrected chi connectivity index (χ3v) is 2.99. The molecule has 1 rings (SSSR count). The molecule has 0 atom stereocenters. The van der Waals surface area contributed by atoms with Crippen molar-refractivity contribution in [3.8, 4) is 0 Å². The Morgan fingerprint density at radius 2 is 2.20 bits per heavy atom. The lowest BCUT2D eigenvalue weighted by Gasteiger charge is -2.09. The molecule has 3 nitrogen and oxygen atoms in total. The lowest BCUT2D eigenvalue weighted by atomic mass is 10.4.